The molecule has 0 radical (unpaired) electrons. The van der Waals surface area contributed by atoms with E-state index in [1.165, 1.54) is 6.07 Å². The molecule has 88 valence electrons. The number of hydrogen-bond acceptors (Lipinski definition) is 4. The first-order chi connectivity index (χ1) is 8.16. The molecule has 0 unspecified atom stereocenters. The first-order valence-corrected chi connectivity index (χ1v) is 5.62. The Labute approximate surface area is 105 Å². The third kappa shape index (κ3) is 2.82. The van der Waals surface area contributed by atoms with Gasteiger partial charge in [-0.3, -0.25) is 15.2 Å². The quantitative estimate of drug-likeness (QED) is 0.671. The maximum absolute atomic E-state index is 10.6. The van der Waals surface area contributed by atoms with Crippen LogP contribution >= 0.6 is 15.9 Å². The Morgan fingerprint density at radius 3 is 2.88 bits per heavy atom. The number of benzene rings is 1. The number of aromatic amines is 1. The highest BCUT2D eigenvalue weighted by Gasteiger charge is 2.11. The van der Waals surface area contributed by atoms with Crippen molar-refractivity contribution < 1.29 is 4.92 Å². The molecule has 2 aromatic rings. The van der Waals surface area contributed by atoms with Crippen molar-refractivity contribution in [3.05, 3.63) is 50.7 Å². The van der Waals surface area contributed by atoms with E-state index in [1.54, 1.807) is 18.3 Å². The van der Waals surface area contributed by atoms with Crippen LogP contribution in [-0.4, -0.2) is 15.1 Å². The van der Waals surface area contributed by atoms with E-state index in [-0.39, 0.29) is 5.69 Å². The maximum Gasteiger partial charge on any atom is 0.283 e. The van der Waals surface area contributed by atoms with Gasteiger partial charge in [0.2, 0.25) is 0 Å². The van der Waals surface area contributed by atoms with Crippen LogP contribution in [0.2, 0.25) is 0 Å². The number of nitro groups is 1. The summed E-state index contributed by atoms with van der Waals surface area (Å²) in [7, 11) is 0. The number of nitrogens with one attached hydrogen (secondary N) is 2. The summed E-state index contributed by atoms with van der Waals surface area (Å²) in [5, 5.41) is 20.4. The SMILES string of the molecule is O=[N+]([O-])c1ccc(NCc2ccn[nH]2)cc1Br. The van der Waals surface area contributed by atoms with E-state index in [0.717, 1.165) is 11.4 Å². The molecule has 0 aliphatic heterocycles. The largest absolute Gasteiger partial charge is 0.379 e. The minimum Gasteiger partial charge on any atom is -0.379 e. The monoisotopic (exact) mass is 296 g/mol. The molecule has 7 heteroatoms. The van der Waals surface area contributed by atoms with Gasteiger partial charge in [-0.05, 0) is 34.1 Å². The summed E-state index contributed by atoms with van der Waals surface area (Å²) < 4.78 is 0.456. The van der Waals surface area contributed by atoms with Crippen molar-refractivity contribution in [3.8, 4) is 0 Å². The van der Waals surface area contributed by atoms with Crippen LogP contribution < -0.4 is 5.32 Å². The number of anilines is 1. The van der Waals surface area contributed by atoms with Crippen molar-refractivity contribution in [2.75, 3.05) is 5.32 Å². The third-order valence-corrected chi connectivity index (χ3v) is 2.82. The zero-order valence-electron chi connectivity index (χ0n) is 8.68. The summed E-state index contributed by atoms with van der Waals surface area (Å²) >= 11 is 3.16. The molecule has 0 bridgehead atoms. The van der Waals surface area contributed by atoms with Crippen molar-refractivity contribution in [3.63, 3.8) is 0 Å². The Balaban J connectivity index is 2.07. The first-order valence-electron chi connectivity index (χ1n) is 4.83. The molecule has 1 aromatic carbocycles. The van der Waals surface area contributed by atoms with Crippen LogP contribution in [0, 0.1) is 10.1 Å². The van der Waals surface area contributed by atoms with Gasteiger partial charge in [0.25, 0.3) is 5.69 Å². The fourth-order valence-corrected chi connectivity index (χ4v) is 1.87. The number of hydrogen-bond donors (Lipinski definition) is 2. The van der Waals surface area contributed by atoms with Gasteiger partial charge in [-0.2, -0.15) is 5.10 Å². The Bertz CT molecular complexity index is 527. The van der Waals surface area contributed by atoms with Gasteiger partial charge in [0.1, 0.15) is 0 Å². The van der Waals surface area contributed by atoms with E-state index in [2.05, 4.69) is 31.4 Å². The molecule has 0 saturated carbocycles. The molecular weight excluding hydrogens is 288 g/mol. The number of rotatable bonds is 4. The Hall–Kier alpha value is -1.89. The van der Waals surface area contributed by atoms with Crippen LogP contribution in [0.3, 0.4) is 0 Å². The highest BCUT2D eigenvalue weighted by atomic mass is 79.9. The topological polar surface area (TPSA) is 83.8 Å². The average Bonchev–Trinajstić information content (AvgIpc) is 2.78. The molecule has 1 heterocycles. The Morgan fingerprint density at radius 2 is 2.29 bits per heavy atom. The lowest BCUT2D eigenvalue weighted by Gasteiger charge is -2.05. The predicted octanol–water partition coefficient (Wildman–Crippen LogP) is 2.69. The average molecular weight is 297 g/mol. The lowest BCUT2D eigenvalue weighted by Crippen LogP contribution is -2.00. The minimum atomic E-state index is -0.428. The molecule has 1 aromatic heterocycles. The second-order valence-electron chi connectivity index (χ2n) is 3.36. The summed E-state index contributed by atoms with van der Waals surface area (Å²) in [5.74, 6) is 0. The highest BCUT2D eigenvalue weighted by Crippen LogP contribution is 2.27. The van der Waals surface area contributed by atoms with Gasteiger partial charge in [0.15, 0.2) is 0 Å². The lowest BCUT2D eigenvalue weighted by molar-refractivity contribution is -0.385. The maximum atomic E-state index is 10.6. The van der Waals surface area contributed by atoms with Crippen LogP contribution in [0.1, 0.15) is 5.69 Å². The molecule has 2 rings (SSSR count). The van der Waals surface area contributed by atoms with Crippen molar-refractivity contribution in [2.45, 2.75) is 6.54 Å². The van der Waals surface area contributed by atoms with Crippen LogP contribution in [0.15, 0.2) is 34.9 Å². The lowest BCUT2D eigenvalue weighted by atomic mass is 10.3. The number of nitro benzene ring substituents is 1. The Kier molecular flexibility index (Phi) is 3.38. The number of H-pyrrole nitrogens is 1. The predicted molar refractivity (Wildman–Crippen MR) is 66.7 cm³/mol. The van der Waals surface area contributed by atoms with Gasteiger partial charge in [-0.25, -0.2) is 0 Å². The van der Waals surface area contributed by atoms with Crippen molar-refractivity contribution in [1.29, 1.82) is 0 Å². The van der Waals surface area contributed by atoms with Crippen LogP contribution in [0.4, 0.5) is 11.4 Å². The van der Waals surface area contributed by atoms with E-state index >= 15 is 0 Å². The van der Waals surface area contributed by atoms with Crippen LogP contribution in [0.5, 0.6) is 0 Å². The summed E-state index contributed by atoms with van der Waals surface area (Å²) in [6, 6.07) is 6.65. The summed E-state index contributed by atoms with van der Waals surface area (Å²) in [6.07, 6.45) is 1.67. The first kappa shape index (κ1) is 11.6. The molecule has 0 saturated heterocycles. The van der Waals surface area contributed by atoms with Gasteiger partial charge < -0.3 is 5.32 Å². The van der Waals surface area contributed by atoms with Crippen molar-refractivity contribution >= 4 is 27.3 Å². The van der Waals surface area contributed by atoms with Gasteiger partial charge in [-0.1, -0.05) is 0 Å². The zero-order chi connectivity index (χ0) is 12.3. The van der Waals surface area contributed by atoms with Crippen LogP contribution in [-0.2, 0) is 6.54 Å². The van der Waals surface area contributed by atoms with E-state index in [9.17, 15) is 10.1 Å². The summed E-state index contributed by atoms with van der Waals surface area (Å²) in [6.45, 7) is 0.588. The molecule has 0 amide bonds. The second kappa shape index (κ2) is 4.96. The summed E-state index contributed by atoms with van der Waals surface area (Å²) in [5.41, 5.74) is 1.80. The van der Waals surface area contributed by atoms with Gasteiger partial charge in [0, 0.05) is 18.0 Å². The molecular formula is C10H9BrN4O2. The van der Waals surface area contributed by atoms with Crippen molar-refractivity contribution in [1.82, 2.24) is 10.2 Å². The second-order valence-corrected chi connectivity index (χ2v) is 4.21. The highest BCUT2D eigenvalue weighted by molar-refractivity contribution is 9.10. The smallest absolute Gasteiger partial charge is 0.283 e. The molecule has 0 aliphatic carbocycles. The summed E-state index contributed by atoms with van der Waals surface area (Å²) in [4.78, 5) is 10.2. The number of nitrogens with zero attached hydrogens (tertiary/aromatic N) is 2. The fraction of sp³-hybridized carbons (Fsp3) is 0.100. The van der Waals surface area contributed by atoms with Crippen molar-refractivity contribution in [2.24, 2.45) is 0 Å². The molecule has 0 fully saturated rings. The van der Waals surface area contributed by atoms with Crippen LogP contribution in [0.25, 0.3) is 0 Å². The van der Waals surface area contributed by atoms with Gasteiger partial charge in [-0.15, -0.1) is 0 Å². The fourth-order valence-electron chi connectivity index (χ4n) is 1.35. The molecule has 0 atom stereocenters. The minimum absolute atomic E-state index is 0.0529. The van der Waals surface area contributed by atoms with E-state index < -0.39 is 4.92 Å². The molecule has 17 heavy (non-hydrogen) atoms. The molecule has 2 N–H and O–H groups in total. The van der Waals surface area contributed by atoms with E-state index in [0.29, 0.717) is 11.0 Å². The van der Waals surface area contributed by atoms with E-state index in [1.807, 2.05) is 6.07 Å². The number of halogens is 1. The van der Waals surface area contributed by atoms with Gasteiger partial charge >= 0.3 is 0 Å². The Morgan fingerprint density at radius 1 is 1.47 bits per heavy atom. The third-order valence-electron chi connectivity index (χ3n) is 2.19. The van der Waals surface area contributed by atoms with Gasteiger partial charge in [0.05, 0.1) is 21.6 Å². The molecule has 0 spiro atoms. The molecule has 0 aliphatic rings. The van der Waals surface area contributed by atoms with E-state index in [4.69, 9.17) is 0 Å². The number of aromatic nitrogens is 2. The molecule has 6 nitrogen and oxygen atoms in total. The standard InChI is InChI=1S/C10H9BrN4O2/c11-9-5-7(1-2-10(9)15(16)17)12-6-8-3-4-13-14-8/h1-5,12H,6H2,(H,13,14). The zero-order valence-corrected chi connectivity index (χ0v) is 10.3. The normalized spacial score (nSPS) is 10.2.